The van der Waals surface area contributed by atoms with Gasteiger partial charge in [0, 0.05) is 29.2 Å². The summed E-state index contributed by atoms with van der Waals surface area (Å²) < 4.78 is 56.2. The van der Waals surface area contributed by atoms with E-state index >= 15 is 0 Å². The molecule has 0 aliphatic heterocycles. The second-order valence-corrected chi connectivity index (χ2v) is 27.0. The fourth-order valence-electron chi connectivity index (χ4n) is 10.3. The number of rotatable bonds is 18. The normalized spacial score (nSPS) is 9.41. The van der Waals surface area contributed by atoms with Gasteiger partial charge in [0.1, 0.15) is 71.7 Å². The van der Waals surface area contributed by atoms with E-state index in [4.69, 9.17) is 97.6 Å². The lowest BCUT2D eigenvalue weighted by Crippen LogP contribution is -1.96. The number of carbonyl (C=O) groups excluding carboxylic acids is 12. The first-order valence-corrected chi connectivity index (χ1v) is 38.8. The molecule has 0 saturated carbocycles. The van der Waals surface area contributed by atoms with Crippen molar-refractivity contribution in [3.05, 3.63) is 326 Å². The Hall–Kier alpha value is -18.5. The quantitative estimate of drug-likeness (QED) is 0.0464. The number of nitrogens with one attached hydrogen (secondary N) is 6. The maximum Gasteiger partial charge on any atom is 0.373 e. The van der Waals surface area contributed by atoms with Crippen molar-refractivity contribution in [1.82, 2.24) is 97.4 Å². The van der Waals surface area contributed by atoms with E-state index in [1.807, 2.05) is 202 Å². The van der Waals surface area contributed by atoms with Crippen molar-refractivity contribution < 1.29 is 94.4 Å². The molecule has 0 unspecified atom stereocenters. The van der Waals surface area contributed by atoms with Gasteiger partial charge in [-0.3, -0.25) is 4.98 Å². The number of hydrogen-bond acceptors (Lipinski definition) is 33. The first-order valence-electron chi connectivity index (χ1n) is 36.5. The Morgan fingerprint density at radius 1 is 0.264 bits per heavy atom. The van der Waals surface area contributed by atoms with Gasteiger partial charge in [-0.1, -0.05) is 163 Å². The molecular formula is C88H70ClN19O20S. The second kappa shape index (κ2) is 56.2. The molecule has 41 heteroatoms. The van der Waals surface area contributed by atoms with Crippen LogP contribution < -0.4 is 28.4 Å². The molecule has 650 valence electrons. The number of aromatic nitrogens is 19. The van der Waals surface area contributed by atoms with E-state index in [0.717, 1.165) is 77.9 Å². The van der Waals surface area contributed by atoms with Gasteiger partial charge in [0.2, 0.25) is 0 Å². The lowest BCUT2D eigenvalue weighted by molar-refractivity contribution is -0.193. The maximum atomic E-state index is 11.5. The highest BCUT2D eigenvalue weighted by Gasteiger charge is 2.12. The SMILES string of the molecule is CS(=O)(=O)c1ccc(-c2cccc(Oc3cn[nH]n3)c2)cc1.Cc1cc(-c2cccc(Oc3cn[nH]n3)c2)ccc1Cl.Cc1ccc(Oc2cn[nH]n2)cc1C.Cc1cccc(-c2ccc(Oc3cn[nH]n3)cc2)c1.O=C=O.O=C=O.O=C=O.O=C=O.O=C=O.O=C=O.c1ccc(-c2cccc(Oc3cn[nH]n3)c2)cc1.c1cncc(-c2cccc(Oc3cn[nH]n3)c2)c1. The molecule has 0 radical (unpaired) electrons. The monoisotopic (exact) mass is 1780 g/mol. The molecule has 39 nitrogen and oxygen atoms in total. The van der Waals surface area contributed by atoms with Crippen molar-refractivity contribution in [3.8, 4) is 125 Å². The Morgan fingerprint density at radius 2 is 0.550 bits per heavy atom. The van der Waals surface area contributed by atoms with Crippen LogP contribution in [-0.2, 0) is 67.4 Å². The topological polar surface area (TPSA) is 557 Å². The van der Waals surface area contributed by atoms with Crippen LogP contribution in [0.25, 0.3) is 55.6 Å². The molecule has 0 spiro atoms. The van der Waals surface area contributed by atoms with Crippen molar-refractivity contribution in [2.75, 3.05) is 6.26 Å². The Labute approximate surface area is 736 Å². The van der Waals surface area contributed by atoms with Crippen LogP contribution in [0.1, 0.15) is 22.3 Å². The molecule has 7 heterocycles. The molecule has 0 aliphatic carbocycles. The predicted molar refractivity (Wildman–Crippen MR) is 449 cm³/mol. The number of halogens is 1. The molecule has 0 amide bonds. The number of ether oxygens (including phenoxy) is 6. The van der Waals surface area contributed by atoms with Crippen LogP contribution in [0.4, 0.5) is 0 Å². The highest BCUT2D eigenvalue weighted by atomic mass is 35.5. The fraction of sp³-hybridized carbons (Fsp3) is 0.0568. The van der Waals surface area contributed by atoms with Gasteiger partial charge in [0.25, 0.3) is 35.3 Å². The standard InChI is InChI=1S/C15H12ClN3O.C15H13N3O3S.C15H13N3O.C14H11N3O.C13H10N4O.C10H11N3O.6CO2/c1-10-7-12(5-6-14(10)16)11-3-2-4-13(8-11)20-15-9-17-19-18-15;1-22(19,20)14-7-5-11(6-8-14)12-3-2-4-13(9-12)21-15-10-16-18-17-15;1-11-3-2-4-13(9-11)12-5-7-14(8-6-12)19-15-10-16-18-17-15;1-2-5-11(6-3-1)12-7-4-8-13(9-12)18-14-10-15-17-16-14;1-3-10(11-4-2-6-14-8-11)7-12(5-1)18-13-9-15-17-16-13;1-7-3-4-9(5-8(7)2)14-10-6-11-13-12-10;6*2-1-3/h2-9H,1H3,(H,17,18,19);2-10H,1H3,(H,16,17,18);2-10H,1H3,(H,16,17,18);1-10H,(H,15,16,17);1-9H,(H,15,16,17);3-6H,1-2H3,(H,11,12,13);;;;;;. The molecule has 0 aliphatic rings. The maximum absolute atomic E-state index is 11.5. The van der Waals surface area contributed by atoms with Crippen LogP contribution in [-0.4, -0.2) is 149 Å². The molecule has 17 rings (SSSR count). The molecule has 0 fully saturated rings. The smallest absolute Gasteiger partial charge is 0.373 e. The van der Waals surface area contributed by atoms with Gasteiger partial charge in [-0.15, -0.1) is 30.6 Å². The highest BCUT2D eigenvalue weighted by molar-refractivity contribution is 7.90. The summed E-state index contributed by atoms with van der Waals surface area (Å²) in [6, 6.07) is 79.8. The molecule has 129 heavy (non-hydrogen) atoms. The average Bonchev–Trinajstić information content (AvgIpc) is 0.929. The summed E-state index contributed by atoms with van der Waals surface area (Å²) in [5.74, 6) is 6.97. The number of aromatic amines is 6. The van der Waals surface area contributed by atoms with E-state index in [1.54, 1.807) is 30.5 Å². The number of pyridine rings is 1. The third-order valence-corrected chi connectivity index (χ3v) is 17.5. The molecular weight excluding hydrogens is 1710 g/mol. The summed E-state index contributed by atoms with van der Waals surface area (Å²) in [6.07, 6.45) is 15.4. The zero-order valence-electron chi connectivity index (χ0n) is 68.1. The summed E-state index contributed by atoms with van der Waals surface area (Å²) in [5.41, 5.74) is 15.4. The van der Waals surface area contributed by atoms with Crippen molar-refractivity contribution >= 4 is 58.3 Å². The van der Waals surface area contributed by atoms with E-state index < -0.39 is 9.84 Å². The highest BCUT2D eigenvalue weighted by Crippen LogP contribution is 2.33. The third kappa shape index (κ3) is 36.8. The van der Waals surface area contributed by atoms with E-state index in [0.29, 0.717) is 57.4 Å². The Kier molecular flexibility index (Phi) is 43.3. The third-order valence-electron chi connectivity index (χ3n) is 15.9. The number of benzene rings is 10. The molecule has 0 atom stereocenters. The predicted octanol–water partition coefficient (Wildman–Crippen LogP) is 15.1. The Bertz CT molecular complexity index is 6250. The zero-order chi connectivity index (χ0) is 93.2. The minimum atomic E-state index is -3.19. The van der Waals surface area contributed by atoms with Crippen molar-refractivity contribution in [2.24, 2.45) is 0 Å². The minimum absolute atomic E-state index is 0.250. The Morgan fingerprint density at radius 3 is 0.876 bits per heavy atom. The first-order chi connectivity index (χ1) is 62.6. The van der Waals surface area contributed by atoms with Crippen LogP contribution in [0.15, 0.2) is 303 Å². The van der Waals surface area contributed by atoms with Gasteiger partial charge in [-0.05, 0) is 198 Å². The van der Waals surface area contributed by atoms with Crippen molar-refractivity contribution in [3.63, 3.8) is 0 Å². The fourth-order valence-corrected chi connectivity index (χ4v) is 11.1. The minimum Gasteiger partial charge on any atom is -0.436 e. The second-order valence-electron chi connectivity index (χ2n) is 24.6. The van der Waals surface area contributed by atoms with Crippen LogP contribution in [0.2, 0.25) is 5.02 Å². The van der Waals surface area contributed by atoms with Gasteiger partial charge in [-0.2, -0.15) is 119 Å². The number of hydrogen-bond donors (Lipinski definition) is 6. The zero-order valence-corrected chi connectivity index (χ0v) is 69.6. The molecule has 7 aromatic heterocycles. The molecule has 6 N–H and O–H groups in total. The lowest BCUT2D eigenvalue weighted by atomic mass is 10.0. The van der Waals surface area contributed by atoms with Gasteiger partial charge in [-0.25, -0.2) is 8.42 Å². The van der Waals surface area contributed by atoms with Crippen LogP contribution in [0.5, 0.6) is 69.8 Å². The summed E-state index contributed by atoms with van der Waals surface area (Å²) in [5, 5.41) is 60.9. The summed E-state index contributed by atoms with van der Waals surface area (Å²) in [7, 11) is -3.19. The number of H-pyrrole nitrogens is 6. The summed E-state index contributed by atoms with van der Waals surface area (Å²) in [6.45, 7) is 8.19. The number of nitrogens with zero attached hydrogens (tertiary/aromatic N) is 13. The first kappa shape index (κ1) is 99.3. The van der Waals surface area contributed by atoms with Gasteiger partial charge >= 0.3 is 36.9 Å². The van der Waals surface area contributed by atoms with E-state index in [-0.39, 0.29) is 36.9 Å². The number of aryl methyl sites for hydroxylation is 4. The van der Waals surface area contributed by atoms with E-state index in [2.05, 4.69) is 154 Å². The van der Waals surface area contributed by atoms with Crippen molar-refractivity contribution in [1.29, 1.82) is 0 Å². The largest absolute Gasteiger partial charge is 0.436 e. The summed E-state index contributed by atoms with van der Waals surface area (Å²) in [4.78, 5) is 102. The van der Waals surface area contributed by atoms with Gasteiger partial charge in [0.15, 0.2) is 9.84 Å². The molecule has 0 saturated heterocycles. The van der Waals surface area contributed by atoms with Gasteiger partial charge < -0.3 is 28.4 Å². The van der Waals surface area contributed by atoms with Crippen LogP contribution in [0.3, 0.4) is 0 Å². The van der Waals surface area contributed by atoms with E-state index in [1.165, 1.54) is 65.7 Å². The van der Waals surface area contributed by atoms with E-state index in [9.17, 15) is 8.42 Å². The molecule has 17 aromatic rings. The lowest BCUT2D eigenvalue weighted by Gasteiger charge is -2.07. The number of sulfone groups is 1. The van der Waals surface area contributed by atoms with Crippen molar-refractivity contribution in [2.45, 2.75) is 32.6 Å². The molecule has 0 bridgehead atoms. The van der Waals surface area contributed by atoms with Crippen LogP contribution in [0, 0.1) is 27.7 Å². The van der Waals surface area contributed by atoms with Gasteiger partial charge in [0.05, 0.1) is 4.90 Å². The average molecular weight is 1780 g/mol. The Balaban J connectivity index is 0.000000230. The van der Waals surface area contributed by atoms with Crippen LogP contribution >= 0.6 is 11.6 Å². The summed E-state index contributed by atoms with van der Waals surface area (Å²) >= 11 is 6.05. The molecule has 10 aromatic carbocycles.